The van der Waals surface area contributed by atoms with Gasteiger partial charge in [0, 0.05) is 5.69 Å². The molecular formula is C14H11NO3. The van der Waals surface area contributed by atoms with E-state index in [0.29, 0.717) is 23.4 Å². The number of ether oxygens (including phenoxy) is 1. The molecule has 0 fully saturated rings. The summed E-state index contributed by atoms with van der Waals surface area (Å²) >= 11 is 0. The summed E-state index contributed by atoms with van der Waals surface area (Å²) in [7, 11) is 0. The first-order valence-corrected chi connectivity index (χ1v) is 5.37. The number of rotatable bonds is 4. The average molecular weight is 241 g/mol. The minimum absolute atomic E-state index is 0.410. The second-order valence-electron chi connectivity index (χ2n) is 3.54. The van der Waals surface area contributed by atoms with E-state index in [1.165, 1.54) is 0 Å². The van der Waals surface area contributed by atoms with Crippen molar-refractivity contribution in [2.45, 2.75) is 0 Å². The predicted octanol–water partition coefficient (Wildman–Crippen LogP) is 2.47. The van der Waals surface area contributed by atoms with E-state index in [9.17, 15) is 9.59 Å². The third-order valence-electron chi connectivity index (χ3n) is 2.30. The van der Waals surface area contributed by atoms with Gasteiger partial charge in [0.25, 0.3) is 0 Å². The van der Waals surface area contributed by atoms with Crippen molar-refractivity contribution < 1.29 is 14.3 Å². The van der Waals surface area contributed by atoms with Gasteiger partial charge in [0.2, 0.25) is 6.41 Å². The van der Waals surface area contributed by atoms with E-state index in [2.05, 4.69) is 5.32 Å². The Bertz CT molecular complexity index is 535. The Balaban J connectivity index is 2.05. The lowest BCUT2D eigenvalue weighted by atomic mass is 10.2. The number of anilines is 1. The van der Waals surface area contributed by atoms with Crippen LogP contribution in [0.15, 0.2) is 54.6 Å². The monoisotopic (exact) mass is 241 g/mol. The Morgan fingerprint density at radius 3 is 2.28 bits per heavy atom. The van der Waals surface area contributed by atoms with Crippen LogP contribution in [0.25, 0.3) is 0 Å². The van der Waals surface area contributed by atoms with Crippen LogP contribution >= 0.6 is 0 Å². The van der Waals surface area contributed by atoms with Crippen LogP contribution in [-0.4, -0.2) is 12.4 Å². The number of carbonyl (C=O) groups excluding carboxylic acids is 2. The van der Waals surface area contributed by atoms with Crippen LogP contribution in [0, 0.1) is 0 Å². The number of esters is 1. The lowest BCUT2D eigenvalue weighted by Gasteiger charge is -2.05. The van der Waals surface area contributed by atoms with Gasteiger partial charge in [-0.3, -0.25) is 4.79 Å². The molecule has 90 valence electrons. The molecule has 0 saturated carbocycles. The van der Waals surface area contributed by atoms with Crippen LogP contribution in [-0.2, 0) is 4.79 Å². The third-order valence-corrected chi connectivity index (χ3v) is 2.30. The van der Waals surface area contributed by atoms with E-state index in [1.807, 2.05) is 6.07 Å². The SMILES string of the molecule is O=CNc1ccc(OC(=O)c2ccccc2)cc1. The second-order valence-corrected chi connectivity index (χ2v) is 3.54. The van der Waals surface area contributed by atoms with Gasteiger partial charge >= 0.3 is 5.97 Å². The van der Waals surface area contributed by atoms with Crippen LogP contribution in [0.3, 0.4) is 0 Å². The Kier molecular flexibility index (Phi) is 3.71. The first kappa shape index (κ1) is 11.9. The van der Waals surface area contributed by atoms with E-state index in [4.69, 9.17) is 4.74 Å². The van der Waals surface area contributed by atoms with E-state index in [0.717, 1.165) is 0 Å². The highest BCUT2D eigenvalue weighted by Crippen LogP contribution is 2.16. The molecule has 0 radical (unpaired) electrons. The summed E-state index contributed by atoms with van der Waals surface area (Å²) in [5.41, 5.74) is 1.14. The topological polar surface area (TPSA) is 55.4 Å². The molecule has 0 heterocycles. The maximum Gasteiger partial charge on any atom is 0.343 e. The highest BCUT2D eigenvalue weighted by molar-refractivity contribution is 5.91. The Morgan fingerprint density at radius 2 is 1.67 bits per heavy atom. The fraction of sp³-hybridized carbons (Fsp3) is 0. The van der Waals surface area contributed by atoms with E-state index >= 15 is 0 Å². The minimum Gasteiger partial charge on any atom is -0.423 e. The Labute approximate surface area is 104 Å². The maximum absolute atomic E-state index is 11.7. The fourth-order valence-corrected chi connectivity index (χ4v) is 1.43. The molecule has 0 bridgehead atoms. The van der Waals surface area contributed by atoms with Gasteiger partial charge in [-0.25, -0.2) is 4.79 Å². The molecule has 0 unspecified atom stereocenters. The van der Waals surface area contributed by atoms with Gasteiger partial charge in [0.15, 0.2) is 0 Å². The number of benzene rings is 2. The van der Waals surface area contributed by atoms with Crippen LogP contribution in [0.2, 0.25) is 0 Å². The number of carbonyl (C=O) groups is 2. The van der Waals surface area contributed by atoms with Crippen molar-refractivity contribution in [1.29, 1.82) is 0 Å². The van der Waals surface area contributed by atoms with Crippen LogP contribution in [0.4, 0.5) is 5.69 Å². The second kappa shape index (κ2) is 5.63. The summed E-state index contributed by atoms with van der Waals surface area (Å²) in [4.78, 5) is 22.0. The summed E-state index contributed by atoms with van der Waals surface area (Å²) in [6.45, 7) is 0. The molecule has 4 nitrogen and oxygen atoms in total. The van der Waals surface area contributed by atoms with Gasteiger partial charge in [-0.2, -0.15) is 0 Å². The van der Waals surface area contributed by atoms with Gasteiger partial charge in [-0.1, -0.05) is 18.2 Å². The van der Waals surface area contributed by atoms with E-state index in [-0.39, 0.29) is 0 Å². The molecule has 1 N–H and O–H groups in total. The third kappa shape index (κ3) is 2.95. The Morgan fingerprint density at radius 1 is 1.00 bits per heavy atom. The molecule has 2 aromatic carbocycles. The van der Waals surface area contributed by atoms with Gasteiger partial charge in [0.05, 0.1) is 5.56 Å². The zero-order valence-electron chi connectivity index (χ0n) is 9.50. The van der Waals surface area contributed by atoms with Gasteiger partial charge < -0.3 is 10.1 Å². The summed E-state index contributed by atoms with van der Waals surface area (Å²) in [6, 6.07) is 15.3. The highest BCUT2D eigenvalue weighted by Gasteiger charge is 2.07. The first-order valence-electron chi connectivity index (χ1n) is 5.37. The number of hydrogen-bond donors (Lipinski definition) is 1. The van der Waals surface area contributed by atoms with Gasteiger partial charge in [-0.15, -0.1) is 0 Å². The van der Waals surface area contributed by atoms with Gasteiger partial charge in [0.1, 0.15) is 5.75 Å². The van der Waals surface area contributed by atoms with Gasteiger partial charge in [-0.05, 0) is 36.4 Å². The molecule has 0 aromatic heterocycles. The fourth-order valence-electron chi connectivity index (χ4n) is 1.43. The molecule has 1 amide bonds. The molecule has 0 spiro atoms. The highest BCUT2D eigenvalue weighted by atomic mass is 16.5. The molecule has 0 aliphatic heterocycles. The van der Waals surface area contributed by atoms with Crippen molar-refractivity contribution in [3.8, 4) is 5.75 Å². The number of nitrogens with one attached hydrogen (secondary N) is 1. The first-order chi connectivity index (χ1) is 8.79. The lowest BCUT2D eigenvalue weighted by molar-refractivity contribution is -0.105. The lowest BCUT2D eigenvalue weighted by Crippen LogP contribution is -2.08. The zero-order valence-corrected chi connectivity index (χ0v) is 9.50. The summed E-state index contributed by atoms with van der Waals surface area (Å²) < 4.78 is 5.18. The quantitative estimate of drug-likeness (QED) is 0.508. The molecule has 0 aliphatic rings. The summed E-state index contributed by atoms with van der Waals surface area (Å²) in [5, 5.41) is 2.50. The molecule has 18 heavy (non-hydrogen) atoms. The molecule has 0 aliphatic carbocycles. The van der Waals surface area contributed by atoms with Crippen molar-refractivity contribution in [3.63, 3.8) is 0 Å². The largest absolute Gasteiger partial charge is 0.423 e. The molecule has 4 heteroatoms. The van der Waals surface area contributed by atoms with Crippen molar-refractivity contribution in [3.05, 3.63) is 60.2 Å². The molecule has 2 rings (SSSR count). The van der Waals surface area contributed by atoms with Crippen LogP contribution in [0.5, 0.6) is 5.75 Å². The van der Waals surface area contributed by atoms with Crippen molar-refractivity contribution in [2.75, 3.05) is 5.32 Å². The Hall–Kier alpha value is -2.62. The normalized spacial score (nSPS) is 9.56. The van der Waals surface area contributed by atoms with Crippen LogP contribution in [0.1, 0.15) is 10.4 Å². The van der Waals surface area contributed by atoms with E-state index < -0.39 is 5.97 Å². The average Bonchev–Trinajstić information content (AvgIpc) is 2.42. The van der Waals surface area contributed by atoms with Crippen molar-refractivity contribution >= 4 is 18.1 Å². The smallest absolute Gasteiger partial charge is 0.343 e. The van der Waals surface area contributed by atoms with Crippen molar-refractivity contribution in [1.82, 2.24) is 0 Å². The predicted molar refractivity (Wildman–Crippen MR) is 67.5 cm³/mol. The molecule has 0 atom stereocenters. The minimum atomic E-state index is -0.410. The molecule has 0 saturated heterocycles. The molecule has 2 aromatic rings. The van der Waals surface area contributed by atoms with Crippen molar-refractivity contribution in [2.24, 2.45) is 0 Å². The standard InChI is InChI=1S/C14H11NO3/c16-10-15-12-6-8-13(9-7-12)18-14(17)11-4-2-1-3-5-11/h1-10H,(H,15,16). The van der Waals surface area contributed by atoms with E-state index in [1.54, 1.807) is 48.5 Å². The zero-order chi connectivity index (χ0) is 12.8. The summed E-state index contributed by atoms with van der Waals surface area (Å²) in [6.07, 6.45) is 0.588. The number of amides is 1. The van der Waals surface area contributed by atoms with Crippen LogP contribution < -0.4 is 10.1 Å². The summed E-state index contributed by atoms with van der Waals surface area (Å²) in [5.74, 6) is 0.0204. The number of hydrogen-bond acceptors (Lipinski definition) is 3. The maximum atomic E-state index is 11.7. The molecular weight excluding hydrogens is 230 g/mol.